The Morgan fingerprint density at radius 2 is 2.08 bits per heavy atom. The first-order chi connectivity index (χ1) is 12.2. The zero-order chi connectivity index (χ0) is 17.2. The highest BCUT2D eigenvalue weighted by atomic mass is 16.5. The summed E-state index contributed by atoms with van der Waals surface area (Å²) in [4.78, 5) is 19.9. The van der Waals surface area contributed by atoms with Gasteiger partial charge in [-0.15, -0.1) is 0 Å². The van der Waals surface area contributed by atoms with Gasteiger partial charge in [0.25, 0.3) is 0 Å². The molecule has 4 rings (SSSR count). The molecule has 0 aliphatic carbocycles. The molecule has 1 aliphatic rings. The van der Waals surface area contributed by atoms with Crippen molar-refractivity contribution >= 4 is 17.1 Å². The van der Waals surface area contributed by atoms with Crippen LogP contribution in [0.2, 0.25) is 0 Å². The number of ether oxygens (including phenoxy) is 1. The van der Waals surface area contributed by atoms with Crippen LogP contribution < -0.4 is 9.64 Å². The Morgan fingerprint density at radius 1 is 1.24 bits per heavy atom. The van der Waals surface area contributed by atoms with E-state index in [-0.39, 0.29) is 0 Å². The van der Waals surface area contributed by atoms with Gasteiger partial charge in [0, 0.05) is 44.6 Å². The molecular weight excluding hydrogens is 316 g/mol. The Morgan fingerprint density at radius 3 is 2.88 bits per heavy atom. The summed E-state index contributed by atoms with van der Waals surface area (Å²) in [6, 6.07) is 4.38. The van der Waals surface area contributed by atoms with Crippen molar-refractivity contribution in [2.45, 2.75) is 19.8 Å². The van der Waals surface area contributed by atoms with Crippen molar-refractivity contribution in [3.8, 4) is 6.01 Å². The van der Waals surface area contributed by atoms with Gasteiger partial charge in [0.05, 0.1) is 6.61 Å². The lowest BCUT2D eigenvalue weighted by Crippen LogP contribution is -2.39. The van der Waals surface area contributed by atoms with Gasteiger partial charge in [-0.25, -0.2) is 19.9 Å². The van der Waals surface area contributed by atoms with Crippen LogP contribution in [0.3, 0.4) is 0 Å². The van der Waals surface area contributed by atoms with E-state index in [0.29, 0.717) is 18.5 Å². The van der Waals surface area contributed by atoms with Crippen LogP contribution in [0.4, 0.5) is 5.95 Å². The van der Waals surface area contributed by atoms with Crippen LogP contribution in [-0.4, -0.2) is 44.2 Å². The van der Waals surface area contributed by atoms with Crippen LogP contribution in [0.5, 0.6) is 6.01 Å². The number of piperidine rings is 1. The number of hydrogen-bond donors (Lipinski definition) is 0. The van der Waals surface area contributed by atoms with Gasteiger partial charge in [-0.1, -0.05) is 0 Å². The molecule has 0 spiro atoms. The fourth-order valence-corrected chi connectivity index (χ4v) is 3.32. The molecule has 1 atom stereocenters. The highest BCUT2D eigenvalue weighted by molar-refractivity contribution is 5.74. The first-order valence-electron chi connectivity index (χ1n) is 8.64. The van der Waals surface area contributed by atoms with E-state index in [0.717, 1.165) is 48.6 Å². The van der Waals surface area contributed by atoms with Gasteiger partial charge in [-0.3, -0.25) is 4.57 Å². The van der Waals surface area contributed by atoms with Crippen molar-refractivity contribution in [2.24, 2.45) is 13.0 Å². The third-order valence-corrected chi connectivity index (χ3v) is 4.61. The average molecular weight is 338 g/mol. The summed E-state index contributed by atoms with van der Waals surface area (Å²) in [6.07, 6.45) is 7.64. The van der Waals surface area contributed by atoms with Crippen molar-refractivity contribution in [3.63, 3.8) is 0 Å². The first kappa shape index (κ1) is 15.8. The van der Waals surface area contributed by atoms with Crippen LogP contribution in [0, 0.1) is 12.8 Å². The molecule has 25 heavy (non-hydrogen) atoms. The van der Waals surface area contributed by atoms with Crippen molar-refractivity contribution < 1.29 is 4.74 Å². The number of nitrogens with zero attached hydrogens (tertiary/aromatic N) is 6. The third-order valence-electron chi connectivity index (χ3n) is 4.61. The Bertz CT molecular complexity index is 860. The molecule has 0 bridgehead atoms. The van der Waals surface area contributed by atoms with E-state index in [1.165, 1.54) is 0 Å². The van der Waals surface area contributed by atoms with E-state index in [1.807, 2.05) is 32.3 Å². The molecule has 0 N–H and O–H groups in total. The topological polar surface area (TPSA) is 69.0 Å². The molecule has 3 aromatic rings. The van der Waals surface area contributed by atoms with Gasteiger partial charge in [0.1, 0.15) is 5.52 Å². The highest BCUT2D eigenvalue weighted by Crippen LogP contribution is 2.25. The Kier molecular flexibility index (Phi) is 4.21. The predicted molar refractivity (Wildman–Crippen MR) is 95.7 cm³/mol. The molecule has 1 saturated heterocycles. The molecular formula is C18H22N6O. The van der Waals surface area contributed by atoms with E-state index >= 15 is 0 Å². The molecule has 130 valence electrons. The fourth-order valence-electron chi connectivity index (χ4n) is 3.32. The van der Waals surface area contributed by atoms with Crippen LogP contribution in [0.25, 0.3) is 11.2 Å². The molecule has 1 aliphatic heterocycles. The number of aromatic nitrogens is 5. The summed E-state index contributed by atoms with van der Waals surface area (Å²) in [5, 5.41) is 0. The highest BCUT2D eigenvalue weighted by Gasteiger charge is 2.24. The predicted octanol–water partition coefficient (Wildman–Crippen LogP) is 2.36. The Balaban J connectivity index is 1.45. The third kappa shape index (κ3) is 3.26. The number of hydrogen-bond acceptors (Lipinski definition) is 6. The van der Waals surface area contributed by atoms with Crippen LogP contribution in [0.15, 0.2) is 30.7 Å². The molecule has 0 saturated carbocycles. The Hall–Kier alpha value is -2.70. The van der Waals surface area contributed by atoms with E-state index in [4.69, 9.17) is 9.72 Å². The number of aryl methyl sites for hydroxylation is 2. The molecule has 3 aromatic heterocycles. The van der Waals surface area contributed by atoms with Crippen molar-refractivity contribution in [1.29, 1.82) is 0 Å². The zero-order valence-corrected chi connectivity index (χ0v) is 14.6. The summed E-state index contributed by atoms with van der Waals surface area (Å²) in [7, 11) is 2.03. The van der Waals surface area contributed by atoms with E-state index in [2.05, 4.69) is 24.4 Å². The van der Waals surface area contributed by atoms with Gasteiger partial charge in [-0.05, 0) is 37.5 Å². The standard InChI is InChI=1S/C18H22N6O/c1-13-9-20-17(21-10-13)25-12-14-5-4-8-24(11-14)18-22-15-6-3-7-19-16(15)23(18)2/h3,6-7,9-10,14H,4-5,8,11-12H2,1-2H3. The number of rotatable bonds is 4. The number of imidazole rings is 1. The van der Waals surface area contributed by atoms with Gasteiger partial charge < -0.3 is 9.64 Å². The second-order valence-electron chi connectivity index (χ2n) is 6.63. The molecule has 0 radical (unpaired) electrons. The van der Waals surface area contributed by atoms with Gasteiger partial charge in [-0.2, -0.15) is 0 Å². The molecule has 1 fully saturated rings. The lowest BCUT2D eigenvalue weighted by Gasteiger charge is -2.33. The minimum absolute atomic E-state index is 0.437. The maximum absolute atomic E-state index is 5.79. The monoisotopic (exact) mass is 338 g/mol. The van der Waals surface area contributed by atoms with Crippen LogP contribution in [0.1, 0.15) is 18.4 Å². The second kappa shape index (κ2) is 6.66. The summed E-state index contributed by atoms with van der Waals surface area (Å²) < 4.78 is 7.86. The summed E-state index contributed by atoms with van der Waals surface area (Å²) in [5.74, 6) is 1.41. The molecule has 7 heteroatoms. The molecule has 7 nitrogen and oxygen atoms in total. The van der Waals surface area contributed by atoms with Crippen molar-refractivity contribution in [3.05, 3.63) is 36.3 Å². The van der Waals surface area contributed by atoms with Gasteiger partial charge in [0.15, 0.2) is 5.65 Å². The first-order valence-corrected chi connectivity index (χ1v) is 8.64. The van der Waals surface area contributed by atoms with E-state index < -0.39 is 0 Å². The molecule has 4 heterocycles. The summed E-state index contributed by atoms with van der Waals surface area (Å²) in [6.45, 7) is 4.52. The summed E-state index contributed by atoms with van der Waals surface area (Å²) >= 11 is 0. The quantitative estimate of drug-likeness (QED) is 0.727. The van der Waals surface area contributed by atoms with Gasteiger partial charge >= 0.3 is 6.01 Å². The molecule has 0 aromatic carbocycles. The minimum atomic E-state index is 0.437. The van der Waals surface area contributed by atoms with Crippen molar-refractivity contribution in [2.75, 3.05) is 24.6 Å². The van der Waals surface area contributed by atoms with Crippen LogP contribution >= 0.6 is 0 Å². The zero-order valence-electron chi connectivity index (χ0n) is 14.6. The largest absolute Gasteiger partial charge is 0.463 e. The smallest absolute Gasteiger partial charge is 0.316 e. The van der Waals surface area contributed by atoms with E-state index in [9.17, 15) is 0 Å². The minimum Gasteiger partial charge on any atom is -0.463 e. The second-order valence-corrected chi connectivity index (χ2v) is 6.63. The average Bonchev–Trinajstić information content (AvgIpc) is 2.99. The Labute approximate surface area is 146 Å². The SMILES string of the molecule is Cc1cnc(OCC2CCCN(c3nc4cccnc4n3C)C2)nc1. The molecule has 1 unspecified atom stereocenters. The number of fused-ring (bicyclic) bond motifs is 1. The van der Waals surface area contributed by atoms with Crippen molar-refractivity contribution in [1.82, 2.24) is 24.5 Å². The molecule has 0 amide bonds. The van der Waals surface area contributed by atoms with Gasteiger partial charge in [0.2, 0.25) is 5.95 Å². The summed E-state index contributed by atoms with van der Waals surface area (Å²) in [5.41, 5.74) is 2.89. The maximum atomic E-state index is 5.79. The number of anilines is 1. The number of pyridine rings is 1. The maximum Gasteiger partial charge on any atom is 0.316 e. The lowest BCUT2D eigenvalue weighted by molar-refractivity contribution is 0.213. The van der Waals surface area contributed by atoms with E-state index in [1.54, 1.807) is 12.4 Å². The van der Waals surface area contributed by atoms with Crippen LogP contribution in [-0.2, 0) is 7.05 Å². The fraction of sp³-hybridized carbons (Fsp3) is 0.444. The normalized spacial score (nSPS) is 17.8. The lowest BCUT2D eigenvalue weighted by atomic mass is 9.99.